The molecule has 1 nitrogen and oxygen atoms in total. The normalized spacial score (nSPS) is 12.4. The molecule has 20 heavy (non-hydrogen) atoms. The first-order valence-electron chi connectivity index (χ1n) is 6.47. The van der Waals surface area contributed by atoms with Crippen molar-refractivity contribution in [1.29, 1.82) is 0 Å². The summed E-state index contributed by atoms with van der Waals surface area (Å²) in [4.78, 5) is 0. The fourth-order valence-corrected chi connectivity index (χ4v) is 2.86. The van der Waals surface area contributed by atoms with Gasteiger partial charge in [0.1, 0.15) is 0 Å². The van der Waals surface area contributed by atoms with Crippen molar-refractivity contribution in [3.63, 3.8) is 0 Å². The summed E-state index contributed by atoms with van der Waals surface area (Å²) in [7, 11) is 0. The van der Waals surface area contributed by atoms with Gasteiger partial charge in [-0.1, -0.05) is 59.1 Å². The molecule has 2 N–H and O–H groups in total. The van der Waals surface area contributed by atoms with Crippen LogP contribution in [0.3, 0.4) is 0 Å². The maximum Gasteiger partial charge on any atom is 0.0624 e. The standard InChI is InChI=1S/C16H16Cl3N/c17-14-5-1-3-11(9-14)7-12(10-20)8-13-4-2-6-15(18)16(13)19/h1-6,9,12H,7-8,10,20H2. The van der Waals surface area contributed by atoms with E-state index in [-0.39, 0.29) is 0 Å². The summed E-state index contributed by atoms with van der Waals surface area (Å²) >= 11 is 18.3. The lowest BCUT2D eigenvalue weighted by molar-refractivity contribution is 0.533. The van der Waals surface area contributed by atoms with Gasteiger partial charge in [0.25, 0.3) is 0 Å². The van der Waals surface area contributed by atoms with Gasteiger partial charge in [0.2, 0.25) is 0 Å². The van der Waals surface area contributed by atoms with Gasteiger partial charge in [-0.15, -0.1) is 0 Å². The highest BCUT2D eigenvalue weighted by molar-refractivity contribution is 6.42. The van der Waals surface area contributed by atoms with E-state index in [2.05, 4.69) is 6.07 Å². The van der Waals surface area contributed by atoms with Gasteiger partial charge in [-0.2, -0.15) is 0 Å². The van der Waals surface area contributed by atoms with E-state index in [9.17, 15) is 0 Å². The second-order valence-corrected chi connectivity index (χ2v) is 6.07. The number of rotatable bonds is 5. The average molecular weight is 329 g/mol. The lowest BCUT2D eigenvalue weighted by Crippen LogP contribution is -2.19. The molecule has 2 aromatic rings. The number of nitrogens with two attached hydrogens (primary N) is 1. The number of halogens is 3. The summed E-state index contributed by atoms with van der Waals surface area (Å²) in [5.41, 5.74) is 8.11. The lowest BCUT2D eigenvalue weighted by Gasteiger charge is -2.16. The smallest absolute Gasteiger partial charge is 0.0624 e. The highest BCUT2D eigenvalue weighted by atomic mass is 35.5. The molecule has 0 bridgehead atoms. The lowest BCUT2D eigenvalue weighted by atomic mass is 9.92. The predicted octanol–water partition coefficient (Wildman–Crippen LogP) is 5.01. The van der Waals surface area contributed by atoms with E-state index in [1.807, 2.05) is 30.3 Å². The van der Waals surface area contributed by atoms with Crippen molar-refractivity contribution < 1.29 is 0 Å². The molecule has 0 radical (unpaired) electrons. The SMILES string of the molecule is NCC(Cc1cccc(Cl)c1)Cc1cccc(Cl)c1Cl. The van der Waals surface area contributed by atoms with Gasteiger partial charge in [-0.3, -0.25) is 0 Å². The Morgan fingerprint density at radius 3 is 2.40 bits per heavy atom. The Bertz CT molecular complexity index is 584. The molecule has 0 aliphatic rings. The molecule has 0 heterocycles. The van der Waals surface area contributed by atoms with E-state index in [0.29, 0.717) is 22.5 Å². The van der Waals surface area contributed by atoms with Gasteiger partial charge in [0.05, 0.1) is 10.0 Å². The third-order valence-corrected chi connectivity index (χ3v) is 4.38. The van der Waals surface area contributed by atoms with Crippen molar-refractivity contribution >= 4 is 34.8 Å². The molecule has 1 atom stereocenters. The Hall–Kier alpha value is -0.730. The van der Waals surface area contributed by atoms with Crippen molar-refractivity contribution in [3.05, 3.63) is 68.7 Å². The van der Waals surface area contributed by atoms with Gasteiger partial charge in [0, 0.05) is 5.02 Å². The van der Waals surface area contributed by atoms with Gasteiger partial charge in [-0.05, 0) is 54.6 Å². The van der Waals surface area contributed by atoms with E-state index in [1.165, 1.54) is 5.56 Å². The predicted molar refractivity (Wildman–Crippen MR) is 87.9 cm³/mol. The van der Waals surface area contributed by atoms with Crippen LogP contribution in [-0.4, -0.2) is 6.54 Å². The van der Waals surface area contributed by atoms with Crippen molar-refractivity contribution in [2.24, 2.45) is 11.7 Å². The first-order chi connectivity index (χ1) is 9.60. The van der Waals surface area contributed by atoms with Crippen molar-refractivity contribution in [1.82, 2.24) is 0 Å². The monoisotopic (exact) mass is 327 g/mol. The molecule has 4 heteroatoms. The summed E-state index contributed by atoms with van der Waals surface area (Å²) in [5.74, 6) is 0.310. The topological polar surface area (TPSA) is 26.0 Å². The van der Waals surface area contributed by atoms with Crippen LogP contribution in [0.2, 0.25) is 15.1 Å². The van der Waals surface area contributed by atoms with Crippen LogP contribution in [0, 0.1) is 5.92 Å². The Labute approximate surface area is 134 Å². The van der Waals surface area contributed by atoms with Gasteiger partial charge >= 0.3 is 0 Å². The average Bonchev–Trinajstić information content (AvgIpc) is 2.43. The number of hydrogen-bond acceptors (Lipinski definition) is 1. The summed E-state index contributed by atoms with van der Waals surface area (Å²) < 4.78 is 0. The quantitative estimate of drug-likeness (QED) is 0.820. The van der Waals surface area contributed by atoms with Crippen LogP contribution in [0.15, 0.2) is 42.5 Å². The third kappa shape index (κ3) is 4.13. The number of benzene rings is 2. The van der Waals surface area contributed by atoms with Crippen LogP contribution >= 0.6 is 34.8 Å². The highest BCUT2D eigenvalue weighted by Gasteiger charge is 2.13. The molecular weight excluding hydrogens is 313 g/mol. The minimum absolute atomic E-state index is 0.310. The van der Waals surface area contributed by atoms with E-state index in [4.69, 9.17) is 40.5 Å². The Morgan fingerprint density at radius 1 is 0.950 bits per heavy atom. The molecule has 0 saturated heterocycles. The molecule has 0 aliphatic carbocycles. The fraction of sp³-hybridized carbons (Fsp3) is 0.250. The highest BCUT2D eigenvalue weighted by Crippen LogP contribution is 2.28. The summed E-state index contributed by atoms with van der Waals surface area (Å²) in [6, 6.07) is 13.6. The fourth-order valence-electron chi connectivity index (χ4n) is 2.25. The molecule has 0 fully saturated rings. The molecule has 0 amide bonds. The zero-order valence-corrected chi connectivity index (χ0v) is 13.2. The van der Waals surface area contributed by atoms with Crippen molar-refractivity contribution in [2.75, 3.05) is 6.54 Å². The van der Waals surface area contributed by atoms with Crippen LogP contribution in [0.5, 0.6) is 0 Å². The molecule has 2 aromatic carbocycles. The summed E-state index contributed by atoms with van der Waals surface area (Å²) in [6.07, 6.45) is 1.68. The Morgan fingerprint density at radius 2 is 1.70 bits per heavy atom. The van der Waals surface area contributed by atoms with E-state index in [1.54, 1.807) is 6.07 Å². The van der Waals surface area contributed by atoms with Crippen LogP contribution in [0.1, 0.15) is 11.1 Å². The summed E-state index contributed by atoms with van der Waals surface area (Å²) in [6.45, 7) is 0.593. The van der Waals surface area contributed by atoms with Gasteiger partial charge in [-0.25, -0.2) is 0 Å². The van der Waals surface area contributed by atoms with E-state index < -0.39 is 0 Å². The Kier molecular flexibility index (Phi) is 5.74. The molecule has 0 saturated carbocycles. The maximum atomic E-state index is 6.23. The van der Waals surface area contributed by atoms with Gasteiger partial charge < -0.3 is 5.73 Å². The third-order valence-electron chi connectivity index (χ3n) is 3.29. The first kappa shape index (κ1) is 15.7. The molecular formula is C16H16Cl3N. The largest absolute Gasteiger partial charge is 0.330 e. The number of hydrogen-bond donors (Lipinski definition) is 1. The van der Waals surface area contributed by atoms with E-state index >= 15 is 0 Å². The van der Waals surface area contributed by atoms with E-state index in [0.717, 1.165) is 23.4 Å². The van der Waals surface area contributed by atoms with Gasteiger partial charge in [0.15, 0.2) is 0 Å². The van der Waals surface area contributed by atoms with Crippen LogP contribution in [0.25, 0.3) is 0 Å². The Balaban J connectivity index is 2.11. The minimum Gasteiger partial charge on any atom is -0.330 e. The molecule has 1 unspecified atom stereocenters. The van der Waals surface area contributed by atoms with Crippen LogP contribution in [0.4, 0.5) is 0 Å². The van der Waals surface area contributed by atoms with Crippen LogP contribution < -0.4 is 5.73 Å². The van der Waals surface area contributed by atoms with Crippen molar-refractivity contribution in [3.8, 4) is 0 Å². The molecule has 2 rings (SSSR count). The molecule has 0 spiro atoms. The zero-order chi connectivity index (χ0) is 14.5. The molecule has 106 valence electrons. The molecule has 0 aromatic heterocycles. The van der Waals surface area contributed by atoms with Crippen LogP contribution in [-0.2, 0) is 12.8 Å². The zero-order valence-electron chi connectivity index (χ0n) is 11.0. The summed E-state index contributed by atoms with van der Waals surface area (Å²) in [5, 5.41) is 1.96. The second kappa shape index (κ2) is 7.33. The minimum atomic E-state index is 0.310. The second-order valence-electron chi connectivity index (χ2n) is 4.85. The van der Waals surface area contributed by atoms with Crippen molar-refractivity contribution in [2.45, 2.75) is 12.8 Å². The maximum absolute atomic E-state index is 6.23. The first-order valence-corrected chi connectivity index (χ1v) is 7.61. The molecule has 0 aliphatic heterocycles.